The van der Waals surface area contributed by atoms with Gasteiger partial charge in [-0.05, 0) is 34.2 Å². The van der Waals surface area contributed by atoms with E-state index >= 15 is 0 Å². The summed E-state index contributed by atoms with van der Waals surface area (Å²) in [4.78, 5) is 12.0. The molecule has 2 aromatic rings. The van der Waals surface area contributed by atoms with Crippen LogP contribution in [0.25, 0.3) is 11.1 Å². The highest BCUT2D eigenvalue weighted by atomic mass is 16.1. The van der Waals surface area contributed by atoms with Crippen LogP contribution in [0.3, 0.4) is 0 Å². The standard InChI is InChI=1S/C18H15NO/c1-18(2)10-17(20)15-8-7-12(9-16(15)18)14-6-4-3-5-13(14)11-19/h3-9H,10H2,1-2H3. The van der Waals surface area contributed by atoms with Crippen molar-refractivity contribution in [3.05, 3.63) is 59.2 Å². The Labute approximate surface area is 118 Å². The van der Waals surface area contributed by atoms with Crippen LogP contribution < -0.4 is 0 Å². The van der Waals surface area contributed by atoms with Gasteiger partial charge in [-0.2, -0.15) is 5.26 Å². The molecule has 98 valence electrons. The number of nitrogens with zero attached hydrogens (tertiary/aromatic N) is 1. The molecular formula is C18H15NO. The van der Waals surface area contributed by atoms with Gasteiger partial charge < -0.3 is 0 Å². The number of benzene rings is 2. The summed E-state index contributed by atoms with van der Waals surface area (Å²) in [5.74, 6) is 0.213. The molecular weight excluding hydrogens is 246 g/mol. The first-order valence-corrected chi connectivity index (χ1v) is 6.70. The lowest BCUT2D eigenvalue weighted by atomic mass is 9.85. The van der Waals surface area contributed by atoms with E-state index in [2.05, 4.69) is 26.0 Å². The molecule has 0 radical (unpaired) electrons. The second kappa shape index (κ2) is 4.31. The van der Waals surface area contributed by atoms with E-state index in [-0.39, 0.29) is 11.2 Å². The molecule has 2 aromatic carbocycles. The molecule has 0 saturated carbocycles. The minimum Gasteiger partial charge on any atom is -0.294 e. The van der Waals surface area contributed by atoms with Gasteiger partial charge in [0.25, 0.3) is 0 Å². The highest BCUT2D eigenvalue weighted by molar-refractivity contribution is 6.02. The number of rotatable bonds is 1. The number of ketones is 1. The van der Waals surface area contributed by atoms with Crippen LogP contribution in [0.2, 0.25) is 0 Å². The van der Waals surface area contributed by atoms with E-state index in [4.69, 9.17) is 0 Å². The minimum absolute atomic E-state index is 0.121. The molecule has 1 aliphatic carbocycles. The maximum absolute atomic E-state index is 12.0. The Bertz CT molecular complexity index is 750. The van der Waals surface area contributed by atoms with Gasteiger partial charge in [0.15, 0.2) is 5.78 Å². The Hall–Kier alpha value is -2.40. The predicted octanol–water partition coefficient (Wildman–Crippen LogP) is 4.09. The van der Waals surface area contributed by atoms with Crippen molar-refractivity contribution >= 4 is 5.78 Å². The third-order valence-electron chi connectivity index (χ3n) is 4.01. The van der Waals surface area contributed by atoms with Crippen molar-refractivity contribution in [1.29, 1.82) is 5.26 Å². The Balaban J connectivity index is 2.20. The van der Waals surface area contributed by atoms with E-state index in [9.17, 15) is 10.1 Å². The molecule has 0 spiro atoms. The van der Waals surface area contributed by atoms with Crippen molar-refractivity contribution in [2.75, 3.05) is 0 Å². The van der Waals surface area contributed by atoms with Crippen LogP contribution >= 0.6 is 0 Å². The second-order valence-corrected chi connectivity index (χ2v) is 5.90. The van der Waals surface area contributed by atoms with E-state index < -0.39 is 0 Å². The number of hydrogen-bond acceptors (Lipinski definition) is 2. The molecule has 0 atom stereocenters. The van der Waals surface area contributed by atoms with Crippen LogP contribution in [0, 0.1) is 11.3 Å². The third kappa shape index (κ3) is 1.83. The van der Waals surface area contributed by atoms with Crippen molar-refractivity contribution in [1.82, 2.24) is 0 Å². The fourth-order valence-corrected chi connectivity index (χ4v) is 2.94. The van der Waals surface area contributed by atoms with Gasteiger partial charge in [0, 0.05) is 12.0 Å². The molecule has 0 amide bonds. The van der Waals surface area contributed by atoms with Gasteiger partial charge in [-0.15, -0.1) is 0 Å². The smallest absolute Gasteiger partial charge is 0.164 e. The topological polar surface area (TPSA) is 40.9 Å². The molecule has 0 N–H and O–H groups in total. The average Bonchev–Trinajstić information content (AvgIpc) is 2.68. The van der Waals surface area contributed by atoms with E-state index in [0.717, 1.165) is 22.3 Å². The normalized spacial score (nSPS) is 15.8. The van der Waals surface area contributed by atoms with Crippen molar-refractivity contribution in [3.63, 3.8) is 0 Å². The fraction of sp³-hybridized carbons (Fsp3) is 0.222. The number of hydrogen-bond donors (Lipinski definition) is 0. The number of carbonyl (C=O) groups excluding carboxylic acids is 1. The summed E-state index contributed by atoms with van der Waals surface area (Å²) in [5, 5.41) is 9.21. The first-order valence-electron chi connectivity index (χ1n) is 6.70. The summed E-state index contributed by atoms with van der Waals surface area (Å²) in [6.07, 6.45) is 0.561. The molecule has 0 saturated heterocycles. The van der Waals surface area contributed by atoms with Gasteiger partial charge in [-0.25, -0.2) is 0 Å². The average molecular weight is 261 g/mol. The van der Waals surface area contributed by atoms with E-state index in [1.165, 1.54) is 0 Å². The molecule has 0 heterocycles. The lowest BCUT2D eigenvalue weighted by Gasteiger charge is -2.18. The minimum atomic E-state index is -0.121. The van der Waals surface area contributed by atoms with Crippen LogP contribution in [0.1, 0.15) is 41.8 Å². The third-order valence-corrected chi connectivity index (χ3v) is 4.01. The molecule has 0 aromatic heterocycles. The largest absolute Gasteiger partial charge is 0.294 e. The van der Waals surface area contributed by atoms with Gasteiger partial charge in [-0.1, -0.05) is 44.2 Å². The fourth-order valence-electron chi connectivity index (χ4n) is 2.94. The zero-order valence-corrected chi connectivity index (χ0v) is 11.6. The van der Waals surface area contributed by atoms with Gasteiger partial charge in [0.1, 0.15) is 0 Å². The summed E-state index contributed by atoms with van der Waals surface area (Å²) in [6.45, 7) is 4.19. The van der Waals surface area contributed by atoms with Crippen molar-refractivity contribution < 1.29 is 4.79 Å². The quantitative estimate of drug-likeness (QED) is 0.775. The first-order chi connectivity index (χ1) is 9.53. The van der Waals surface area contributed by atoms with Crippen molar-refractivity contribution in [2.45, 2.75) is 25.7 Å². The van der Waals surface area contributed by atoms with E-state index in [1.54, 1.807) is 0 Å². The SMILES string of the molecule is CC1(C)CC(=O)c2ccc(-c3ccccc3C#N)cc21. The van der Waals surface area contributed by atoms with Gasteiger partial charge in [0.05, 0.1) is 11.6 Å². The zero-order valence-electron chi connectivity index (χ0n) is 11.6. The summed E-state index contributed by atoms with van der Waals surface area (Å²) >= 11 is 0. The van der Waals surface area contributed by atoms with Crippen LogP contribution in [0.5, 0.6) is 0 Å². The van der Waals surface area contributed by atoms with Crippen LogP contribution in [-0.4, -0.2) is 5.78 Å². The Morgan fingerprint density at radius 1 is 1.10 bits per heavy atom. The molecule has 0 bridgehead atoms. The van der Waals surface area contributed by atoms with Gasteiger partial charge in [0.2, 0.25) is 0 Å². The molecule has 0 unspecified atom stereocenters. The van der Waals surface area contributed by atoms with E-state index in [0.29, 0.717) is 12.0 Å². The molecule has 0 aliphatic heterocycles. The van der Waals surface area contributed by atoms with Crippen LogP contribution in [-0.2, 0) is 5.41 Å². The number of nitriles is 1. The molecule has 3 rings (SSSR count). The van der Waals surface area contributed by atoms with Crippen molar-refractivity contribution in [3.8, 4) is 17.2 Å². The summed E-state index contributed by atoms with van der Waals surface area (Å²) < 4.78 is 0. The highest BCUT2D eigenvalue weighted by Gasteiger charge is 2.35. The second-order valence-electron chi connectivity index (χ2n) is 5.90. The first kappa shape index (κ1) is 12.6. The lowest BCUT2D eigenvalue weighted by molar-refractivity contribution is 0.0979. The monoisotopic (exact) mass is 261 g/mol. The lowest BCUT2D eigenvalue weighted by Crippen LogP contribution is -2.12. The maximum atomic E-state index is 12.0. The summed E-state index contributed by atoms with van der Waals surface area (Å²) in [7, 11) is 0. The molecule has 2 heteroatoms. The summed E-state index contributed by atoms with van der Waals surface area (Å²) in [6, 6.07) is 15.7. The van der Waals surface area contributed by atoms with Crippen molar-refractivity contribution in [2.24, 2.45) is 0 Å². The molecule has 0 fully saturated rings. The molecule has 20 heavy (non-hydrogen) atoms. The Kier molecular flexibility index (Phi) is 2.72. The number of Topliss-reactive ketones (excluding diaryl/α,β-unsaturated/α-hetero) is 1. The highest BCUT2D eigenvalue weighted by Crippen LogP contribution is 2.40. The summed E-state index contributed by atoms with van der Waals surface area (Å²) in [5.41, 5.74) is 4.39. The zero-order chi connectivity index (χ0) is 14.3. The number of fused-ring (bicyclic) bond motifs is 1. The van der Waals surface area contributed by atoms with Gasteiger partial charge >= 0.3 is 0 Å². The van der Waals surface area contributed by atoms with Crippen LogP contribution in [0.15, 0.2) is 42.5 Å². The maximum Gasteiger partial charge on any atom is 0.164 e. The molecule has 1 aliphatic rings. The van der Waals surface area contributed by atoms with E-state index in [1.807, 2.05) is 36.4 Å². The number of carbonyl (C=O) groups is 1. The Morgan fingerprint density at radius 2 is 1.85 bits per heavy atom. The van der Waals surface area contributed by atoms with Crippen LogP contribution in [0.4, 0.5) is 0 Å². The molecule has 2 nitrogen and oxygen atoms in total. The Morgan fingerprint density at radius 3 is 2.60 bits per heavy atom. The van der Waals surface area contributed by atoms with Gasteiger partial charge in [-0.3, -0.25) is 4.79 Å². The predicted molar refractivity (Wildman–Crippen MR) is 78.6 cm³/mol.